The van der Waals surface area contributed by atoms with E-state index in [4.69, 9.17) is 4.74 Å². The van der Waals surface area contributed by atoms with Crippen LogP contribution in [0.5, 0.6) is 0 Å². The predicted octanol–water partition coefficient (Wildman–Crippen LogP) is 2.66. The van der Waals surface area contributed by atoms with Gasteiger partial charge in [0.1, 0.15) is 12.4 Å². The zero-order valence-electron chi connectivity index (χ0n) is 8.86. The average Bonchev–Trinajstić information content (AvgIpc) is 3.06. The molecule has 0 spiro atoms. The molecule has 0 saturated heterocycles. The van der Waals surface area contributed by atoms with E-state index >= 15 is 0 Å². The number of esters is 1. The lowest BCUT2D eigenvalue weighted by Gasteiger charge is -2.02. The molecule has 1 aliphatic carbocycles. The Kier molecular flexibility index (Phi) is 3.04. The number of hydrogen-bond acceptors (Lipinski definition) is 2. The van der Waals surface area contributed by atoms with Gasteiger partial charge < -0.3 is 4.74 Å². The van der Waals surface area contributed by atoms with E-state index in [0.717, 1.165) is 0 Å². The van der Waals surface area contributed by atoms with Gasteiger partial charge in [-0.25, -0.2) is 4.39 Å². The highest BCUT2D eigenvalue weighted by molar-refractivity contribution is 5.77. The Hall–Kier alpha value is -1.64. The van der Waals surface area contributed by atoms with E-state index in [9.17, 15) is 9.18 Å². The summed E-state index contributed by atoms with van der Waals surface area (Å²) in [6.45, 7) is 3.69. The fraction of sp³-hybridized carbons (Fsp3) is 0.308. The average molecular weight is 220 g/mol. The van der Waals surface area contributed by atoms with Crippen molar-refractivity contribution in [1.82, 2.24) is 0 Å². The molecule has 1 aliphatic rings. The number of ether oxygens (including phenoxy) is 1. The molecule has 2 atom stereocenters. The molecule has 0 heterocycles. The van der Waals surface area contributed by atoms with Crippen molar-refractivity contribution < 1.29 is 13.9 Å². The normalized spacial score (nSPS) is 22.6. The number of carbonyl (C=O) groups is 1. The molecule has 1 aromatic carbocycles. The highest BCUT2D eigenvalue weighted by Crippen LogP contribution is 2.48. The van der Waals surface area contributed by atoms with E-state index in [1.54, 1.807) is 18.2 Å². The molecule has 0 N–H and O–H groups in total. The lowest BCUT2D eigenvalue weighted by molar-refractivity contribution is -0.144. The maximum atomic E-state index is 13.4. The van der Waals surface area contributed by atoms with Gasteiger partial charge in [0.15, 0.2) is 0 Å². The number of benzene rings is 1. The van der Waals surface area contributed by atoms with E-state index in [-0.39, 0.29) is 30.2 Å². The van der Waals surface area contributed by atoms with E-state index in [1.807, 2.05) is 0 Å². The molecule has 0 aliphatic heterocycles. The van der Waals surface area contributed by atoms with Crippen LogP contribution in [0.2, 0.25) is 0 Å². The highest BCUT2D eigenvalue weighted by Gasteiger charge is 2.46. The number of rotatable bonds is 4. The summed E-state index contributed by atoms with van der Waals surface area (Å²) in [7, 11) is 0. The van der Waals surface area contributed by atoms with Crippen LogP contribution in [0, 0.1) is 11.7 Å². The van der Waals surface area contributed by atoms with Crippen molar-refractivity contribution in [2.75, 3.05) is 6.61 Å². The van der Waals surface area contributed by atoms with Crippen LogP contribution < -0.4 is 0 Å². The zero-order valence-corrected chi connectivity index (χ0v) is 8.86. The summed E-state index contributed by atoms with van der Waals surface area (Å²) in [4.78, 5) is 11.5. The van der Waals surface area contributed by atoms with Crippen LogP contribution in [0.15, 0.2) is 36.9 Å². The SMILES string of the molecule is C=CCOC(=O)C1CC1c1ccccc1F. The van der Waals surface area contributed by atoms with E-state index < -0.39 is 0 Å². The summed E-state index contributed by atoms with van der Waals surface area (Å²) in [5.41, 5.74) is 0.614. The minimum Gasteiger partial charge on any atom is -0.461 e. The van der Waals surface area contributed by atoms with Gasteiger partial charge >= 0.3 is 5.97 Å². The van der Waals surface area contributed by atoms with Gasteiger partial charge in [-0.2, -0.15) is 0 Å². The molecular weight excluding hydrogens is 207 g/mol. The summed E-state index contributed by atoms with van der Waals surface area (Å²) >= 11 is 0. The van der Waals surface area contributed by atoms with Crippen molar-refractivity contribution in [3.05, 3.63) is 48.3 Å². The molecule has 1 fully saturated rings. The third-order valence-electron chi connectivity index (χ3n) is 2.74. The van der Waals surface area contributed by atoms with Crippen LogP contribution >= 0.6 is 0 Å². The number of halogens is 1. The molecule has 16 heavy (non-hydrogen) atoms. The Morgan fingerprint density at radius 2 is 2.31 bits per heavy atom. The Morgan fingerprint density at radius 3 is 3.00 bits per heavy atom. The van der Waals surface area contributed by atoms with Crippen molar-refractivity contribution >= 4 is 5.97 Å². The molecule has 0 radical (unpaired) electrons. The van der Waals surface area contributed by atoms with Crippen molar-refractivity contribution in [1.29, 1.82) is 0 Å². The maximum Gasteiger partial charge on any atom is 0.309 e. The summed E-state index contributed by atoms with van der Waals surface area (Å²) in [6.07, 6.45) is 2.20. The van der Waals surface area contributed by atoms with Crippen LogP contribution in [0.3, 0.4) is 0 Å². The second-order valence-electron chi connectivity index (χ2n) is 3.89. The van der Waals surface area contributed by atoms with Gasteiger partial charge in [0.05, 0.1) is 5.92 Å². The summed E-state index contributed by atoms with van der Waals surface area (Å²) < 4.78 is 18.3. The standard InChI is InChI=1S/C13H13FO2/c1-2-7-16-13(15)11-8-10(11)9-5-3-4-6-12(9)14/h2-6,10-11H,1,7-8H2. The molecular formula is C13H13FO2. The summed E-state index contributed by atoms with van der Waals surface area (Å²) in [6, 6.07) is 6.57. The fourth-order valence-electron chi connectivity index (χ4n) is 1.82. The van der Waals surface area contributed by atoms with Crippen LogP contribution in [0.1, 0.15) is 17.9 Å². The Labute approximate surface area is 93.7 Å². The highest BCUT2D eigenvalue weighted by atomic mass is 19.1. The molecule has 0 bridgehead atoms. The topological polar surface area (TPSA) is 26.3 Å². The monoisotopic (exact) mass is 220 g/mol. The van der Waals surface area contributed by atoms with Crippen molar-refractivity contribution in [3.63, 3.8) is 0 Å². The lowest BCUT2D eigenvalue weighted by Crippen LogP contribution is -2.08. The summed E-state index contributed by atoms with van der Waals surface area (Å²) in [5, 5.41) is 0. The Bertz CT molecular complexity index is 414. The first-order valence-electron chi connectivity index (χ1n) is 5.26. The number of hydrogen-bond donors (Lipinski definition) is 0. The molecule has 84 valence electrons. The van der Waals surface area contributed by atoms with Crippen LogP contribution in [-0.2, 0) is 9.53 Å². The van der Waals surface area contributed by atoms with Crippen LogP contribution in [0.4, 0.5) is 4.39 Å². The first kappa shape index (κ1) is 10.9. The Balaban J connectivity index is 1.99. The molecule has 2 rings (SSSR count). The minimum absolute atomic E-state index is 0.0153. The maximum absolute atomic E-state index is 13.4. The molecule has 1 saturated carbocycles. The lowest BCUT2D eigenvalue weighted by atomic mass is 10.1. The fourth-order valence-corrected chi connectivity index (χ4v) is 1.82. The van der Waals surface area contributed by atoms with Gasteiger partial charge in [0.2, 0.25) is 0 Å². The summed E-state index contributed by atoms with van der Waals surface area (Å²) in [5.74, 6) is -0.699. The third kappa shape index (κ3) is 2.13. The largest absolute Gasteiger partial charge is 0.461 e. The molecule has 0 aromatic heterocycles. The third-order valence-corrected chi connectivity index (χ3v) is 2.74. The van der Waals surface area contributed by atoms with E-state index in [2.05, 4.69) is 6.58 Å². The quantitative estimate of drug-likeness (QED) is 0.576. The van der Waals surface area contributed by atoms with Gasteiger partial charge in [-0.1, -0.05) is 30.9 Å². The molecule has 0 amide bonds. The van der Waals surface area contributed by atoms with Crippen LogP contribution in [-0.4, -0.2) is 12.6 Å². The predicted molar refractivity (Wildman–Crippen MR) is 58.4 cm³/mol. The second kappa shape index (κ2) is 4.47. The molecule has 3 heteroatoms. The first-order chi connectivity index (χ1) is 7.74. The molecule has 1 aromatic rings. The van der Waals surface area contributed by atoms with E-state index in [0.29, 0.717) is 12.0 Å². The minimum atomic E-state index is -0.256. The zero-order chi connectivity index (χ0) is 11.5. The molecule has 2 nitrogen and oxygen atoms in total. The van der Waals surface area contributed by atoms with Gasteiger partial charge in [0, 0.05) is 5.92 Å². The van der Waals surface area contributed by atoms with Gasteiger partial charge in [-0.15, -0.1) is 0 Å². The first-order valence-corrected chi connectivity index (χ1v) is 5.26. The van der Waals surface area contributed by atoms with E-state index in [1.165, 1.54) is 12.1 Å². The van der Waals surface area contributed by atoms with Crippen molar-refractivity contribution in [3.8, 4) is 0 Å². The smallest absolute Gasteiger partial charge is 0.309 e. The van der Waals surface area contributed by atoms with Crippen molar-refractivity contribution in [2.24, 2.45) is 5.92 Å². The van der Waals surface area contributed by atoms with Gasteiger partial charge in [-0.05, 0) is 18.1 Å². The number of carbonyl (C=O) groups excluding carboxylic acids is 1. The molecule has 2 unspecified atom stereocenters. The van der Waals surface area contributed by atoms with Crippen LogP contribution in [0.25, 0.3) is 0 Å². The Morgan fingerprint density at radius 1 is 1.56 bits per heavy atom. The second-order valence-corrected chi connectivity index (χ2v) is 3.89. The van der Waals surface area contributed by atoms with Crippen molar-refractivity contribution in [2.45, 2.75) is 12.3 Å². The van der Waals surface area contributed by atoms with Gasteiger partial charge in [-0.3, -0.25) is 4.79 Å². The van der Waals surface area contributed by atoms with Gasteiger partial charge in [0.25, 0.3) is 0 Å².